The van der Waals surface area contributed by atoms with Crippen LogP contribution in [0.3, 0.4) is 0 Å². The van der Waals surface area contributed by atoms with E-state index in [9.17, 15) is 8.78 Å². The lowest BCUT2D eigenvalue weighted by Gasteiger charge is -2.05. The predicted molar refractivity (Wildman–Crippen MR) is 59.8 cm³/mol. The van der Waals surface area contributed by atoms with Crippen molar-refractivity contribution in [3.63, 3.8) is 0 Å². The number of aryl methyl sites for hydroxylation is 1. The summed E-state index contributed by atoms with van der Waals surface area (Å²) in [5.74, 6) is -0.751. The van der Waals surface area contributed by atoms with Crippen LogP contribution in [-0.2, 0) is 6.61 Å². The van der Waals surface area contributed by atoms with E-state index in [-0.39, 0.29) is 17.1 Å². The average Bonchev–Trinajstić information content (AvgIpc) is 2.69. The standard InChI is InChI=1S/C12H10F2O2S/c1-7-11(2-3-16-7)17-12-9(13)4-8(6-15)5-10(12)14/h2-5,15H,6H2,1H3. The molecule has 1 heterocycles. The largest absolute Gasteiger partial charge is 0.468 e. The van der Waals surface area contributed by atoms with Gasteiger partial charge in [-0.25, -0.2) is 8.78 Å². The lowest BCUT2D eigenvalue weighted by atomic mass is 10.2. The molecular formula is C12H10F2O2S. The summed E-state index contributed by atoms with van der Waals surface area (Å²) in [5.41, 5.74) is 0.216. The number of rotatable bonds is 3. The Bertz CT molecular complexity index is 514. The third kappa shape index (κ3) is 2.50. The van der Waals surface area contributed by atoms with E-state index in [1.54, 1.807) is 13.0 Å². The van der Waals surface area contributed by atoms with E-state index in [1.807, 2.05) is 0 Å². The maximum Gasteiger partial charge on any atom is 0.140 e. The van der Waals surface area contributed by atoms with Crippen LogP contribution in [0.1, 0.15) is 11.3 Å². The second kappa shape index (κ2) is 4.89. The zero-order valence-electron chi connectivity index (χ0n) is 9.04. The van der Waals surface area contributed by atoms with Crippen molar-refractivity contribution < 1.29 is 18.3 Å². The lowest BCUT2D eigenvalue weighted by Crippen LogP contribution is -1.93. The van der Waals surface area contributed by atoms with Gasteiger partial charge in [0, 0.05) is 0 Å². The summed E-state index contributed by atoms with van der Waals surface area (Å²) in [4.78, 5) is 0.575. The minimum atomic E-state index is -0.681. The van der Waals surface area contributed by atoms with Crippen LogP contribution in [0.25, 0.3) is 0 Å². The lowest BCUT2D eigenvalue weighted by molar-refractivity contribution is 0.280. The van der Waals surface area contributed by atoms with Crippen molar-refractivity contribution >= 4 is 11.8 Å². The van der Waals surface area contributed by atoms with Gasteiger partial charge in [0.2, 0.25) is 0 Å². The summed E-state index contributed by atoms with van der Waals surface area (Å²) in [6, 6.07) is 3.90. The molecule has 0 aliphatic rings. The monoisotopic (exact) mass is 256 g/mol. The first-order chi connectivity index (χ1) is 8.11. The minimum Gasteiger partial charge on any atom is -0.468 e. The van der Waals surface area contributed by atoms with Gasteiger partial charge in [-0.15, -0.1) is 0 Å². The van der Waals surface area contributed by atoms with E-state index in [0.717, 1.165) is 23.9 Å². The van der Waals surface area contributed by atoms with E-state index >= 15 is 0 Å². The van der Waals surface area contributed by atoms with Crippen molar-refractivity contribution in [1.29, 1.82) is 0 Å². The highest BCUT2D eigenvalue weighted by Gasteiger charge is 2.14. The van der Waals surface area contributed by atoms with E-state index in [4.69, 9.17) is 9.52 Å². The van der Waals surface area contributed by atoms with Crippen LogP contribution < -0.4 is 0 Å². The summed E-state index contributed by atoms with van der Waals surface area (Å²) in [6.45, 7) is 1.34. The van der Waals surface area contributed by atoms with Gasteiger partial charge in [-0.3, -0.25) is 0 Å². The van der Waals surface area contributed by atoms with Crippen molar-refractivity contribution in [2.75, 3.05) is 0 Å². The number of benzene rings is 1. The van der Waals surface area contributed by atoms with Crippen LogP contribution in [0.5, 0.6) is 0 Å². The van der Waals surface area contributed by atoms with Gasteiger partial charge >= 0.3 is 0 Å². The molecule has 2 rings (SSSR count). The molecule has 0 spiro atoms. The average molecular weight is 256 g/mol. The highest BCUT2D eigenvalue weighted by molar-refractivity contribution is 7.99. The molecule has 1 N–H and O–H groups in total. The molecule has 0 amide bonds. The molecule has 5 heteroatoms. The van der Waals surface area contributed by atoms with E-state index in [1.165, 1.54) is 6.26 Å². The Labute approximate surface area is 101 Å². The Kier molecular flexibility index (Phi) is 3.49. The fourth-order valence-electron chi connectivity index (χ4n) is 1.39. The molecule has 0 fully saturated rings. The summed E-state index contributed by atoms with van der Waals surface area (Å²) in [6.07, 6.45) is 1.47. The maximum absolute atomic E-state index is 13.6. The molecule has 1 aromatic heterocycles. The first-order valence-corrected chi connectivity index (χ1v) is 5.74. The van der Waals surface area contributed by atoms with E-state index < -0.39 is 11.6 Å². The smallest absolute Gasteiger partial charge is 0.140 e. The van der Waals surface area contributed by atoms with E-state index in [0.29, 0.717) is 10.7 Å². The summed E-state index contributed by atoms with van der Waals surface area (Å²) >= 11 is 0.968. The molecule has 0 saturated carbocycles. The number of furan rings is 1. The van der Waals surface area contributed by atoms with Crippen molar-refractivity contribution in [2.45, 2.75) is 23.3 Å². The Balaban J connectivity index is 2.36. The fraction of sp³-hybridized carbons (Fsp3) is 0.167. The number of hydrogen-bond acceptors (Lipinski definition) is 3. The van der Waals surface area contributed by atoms with Gasteiger partial charge in [0.15, 0.2) is 0 Å². The zero-order chi connectivity index (χ0) is 12.4. The molecule has 90 valence electrons. The number of hydrogen-bond donors (Lipinski definition) is 1. The number of aliphatic hydroxyl groups excluding tert-OH is 1. The quantitative estimate of drug-likeness (QED) is 0.912. The molecule has 0 radical (unpaired) electrons. The molecule has 0 unspecified atom stereocenters. The van der Waals surface area contributed by atoms with Gasteiger partial charge < -0.3 is 9.52 Å². The SMILES string of the molecule is Cc1occc1Sc1c(F)cc(CO)cc1F. The Morgan fingerprint density at radius 3 is 2.41 bits per heavy atom. The normalized spacial score (nSPS) is 10.8. The van der Waals surface area contributed by atoms with Gasteiger partial charge in [-0.2, -0.15) is 0 Å². The van der Waals surface area contributed by atoms with Gasteiger partial charge in [0.1, 0.15) is 17.4 Å². The van der Waals surface area contributed by atoms with E-state index in [2.05, 4.69) is 0 Å². The highest BCUT2D eigenvalue weighted by Crippen LogP contribution is 2.34. The maximum atomic E-state index is 13.6. The highest BCUT2D eigenvalue weighted by atomic mass is 32.2. The molecule has 0 saturated heterocycles. The molecular weight excluding hydrogens is 246 g/mol. The minimum absolute atomic E-state index is 0.0910. The van der Waals surface area contributed by atoms with Crippen LogP contribution in [0.15, 0.2) is 38.7 Å². The third-order valence-corrected chi connectivity index (χ3v) is 3.50. The second-order valence-electron chi connectivity index (χ2n) is 3.49. The molecule has 2 nitrogen and oxygen atoms in total. The number of aliphatic hydroxyl groups is 1. The van der Waals surface area contributed by atoms with Crippen LogP contribution in [0.2, 0.25) is 0 Å². The molecule has 0 bridgehead atoms. The Morgan fingerprint density at radius 1 is 1.29 bits per heavy atom. The third-order valence-electron chi connectivity index (χ3n) is 2.26. The zero-order valence-corrected chi connectivity index (χ0v) is 9.85. The van der Waals surface area contributed by atoms with Crippen molar-refractivity contribution in [3.8, 4) is 0 Å². The molecule has 0 atom stereocenters. The summed E-state index contributed by atoms with van der Waals surface area (Å²) in [5, 5.41) is 8.82. The van der Waals surface area contributed by atoms with Crippen molar-refractivity contribution in [3.05, 3.63) is 47.4 Å². The van der Waals surface area contributed by atoms with Gasteiger partial charge in [-0.1, -0.05) is 11.8 Å². The molecule has 0 aliphatic carbocycles. The fourth-order valence-corrected chi connectivity index (χ4v) is 2.24. The summed E-state index contributed by atoms with van der Waals surface area (Å²) in [7, 11) is 0. The molecule has 0 aliphatic heterocycles. The van der Waals surface area contributed by atoms with Gasteiger partial charge in [0.25, 0.3) is 0 Å². The number of halogens is 2. The van der Waals surface area contributed by atoms with Crippen molar-refractivity contribution in [2.24, 2.45) is 0 Å². The van der Waals surface area contributed by atoms with Crippen molar-refractivity contribution in [1.82, 2.24) is 0 Å². The van der Waals surface area contributed by atoms with Gasteiger partial charge in [0.05, 0.1) is 22.7 Å². The first kappa shape index (κ1) is 12.1. The Morgan fingerprint density at radius 2 is 1.94 bits per heavy atom. The van der Waals surface area contributed by atoms with Crippen LogP contribution >= 0.6 is 11.8 Å². The van der Waals surface area contributed by atoms with Gasteiger partial charge in [-0.05, 0) is 30.7 Å². The van der Waals surface area contributed by atoms with Crippen LogP contribution in [0, 0.1) is 18.6 Å². The predicted octanol–water partition coefficient (Wildman–Crippen LogP) is 3.51. The van der Waals surface area contributed by atoms with Crippen LogP contribution in [-0.4, -0.2) is 5.11 Å². The molecule has 17 heavy (non-hydrogen) atoms. The first-order valence-electron chi connectivity index (χ1n) is 4.92. The molecule has 1 aromatic carbocycles. The second-order valence-corrected chi connectivity index (χ2v) is 4.54. The topological polar surface area (TPSA) is 33.4 Å². The summed E-state index contributed by atoms with van der Waals surface area (Å²) < 4.78 is 32.3. The van der Waals surface area contributed by atoms with Crippen LogP contribution in [0.4, 0.5) is 8.78 Å². The Hall–Kier alpha value is -1.33. The molecule has 2 aromatic rings.